The van der Waals surface area contributed by atoms with Crippen LogP contribution < -0.4 is 16.4 Å². The summed E-state index contributed by atoms with van der Waals surface area (Å²) in [4.78, 5) is 34.9. The highest BCUT2D eigenvalue weighted by Gasteiger charge is 2.29. The van der Waals surface area contributed by atoms with E-state index in [0.29, 0.717) is 12.2 Å². The van der Waals surface area contributed by atoms with Crippen molar-refractivity contribution in [1.82, 2.24) is 20.3 Å². The van der Waals surface area contributed by atoms with Crippen molar-refractivity contribution in [3.63, 3.8) is 0 Å². The van der Waals surface area contributed by atoms with Crippen LogP contribution in [0.5, 0.6) is 0 Å². The molecule has 2 heterocycles. The fraction of sp³-hybridized carbons (Fsp3) is 0.278. The third-order valence-electron chi connectivity index (χ3n) is 4.06. The van der Waals surface area contributed by atoms with E-state index in [0.717, 1.165) is 16.5 Å². The quantitative estimate of drug-likeness (QED) is 0.457. The summed E-state index contributed by atoms with van der Waals surface area (Å²) in [6, 6.07) is 7.01. The molecule has 0 saturated carbocycles. The van der Waals surface area contributed by atoms with E-state index in [-0.39, 0.29) is 5.91 Å². The Hall–Kier alpha value is -3.13. The molecule has 1 unspecified atom stereocenters. The van der Waals surface area contributed by atoms with E-state index in [1.54, 1.807) is 13.8 Å². The van der Waals surface area contributed by atoms with E-state index in [9.17, 15) is 9.59 Å². The van der Waals surface area contributed by atoms with E-state index in [1.165, 1.54) is 12.5 Å². The molecular formula is C18H22N6O2. The lowest BCUT2D eigenvalue weighted by Crippen LogP contribution is -2.55. The Morgan fingerprint density at radius 1 is 1.27 bits per heavy atom. The highest BCUT2D eigenvalue weighted by Crippen LogP contribution is 2.19. The van der Waals surface area contributed by atoms with Gasteiger partial charge in [0.05, 0.1) is 18.1 Å². The summed E-state index contributed by atoms with van der Waals surface area (Å²) in [6.07, 6.45) is 5.13. The summed E-state index contributed by atoms with van der Waals surface area (Å²) >= 11 is 0. The van der Waals surface area contributed by atoms with Crippen molar-refractivity contribution in [2.24, 2.45) is 5.73 Å². The number of carbonyl (C=O) groups is 2. The lowest BCUT2D eigenvalue weighted by atomic mass is 10.0. The number of nitrogens with two attached hydrogens (primary N) is 1. The van der Waals surface area contributed by atoms with Crippen LogP contribution in [0.1, 0.15) is 19.4 Å². The minimum Gasteiger partial charge on any atom is -0.361 e. The van der Waals surface area contributed by atoms with Gasteiger partial charge in [0.1, 0.15) is 11.9 Å². The first-order valence-electron chi connectivity index (χ1n) is 8.28. The van der Waals surface area contributed by atoms with Gasteiger partial charge in [0.2, 0.25) is 11.8 Å². The number of fused-ring (bicyclic) bond motifs is 1. The normalized spacial score (nSPS) is 12.7. The fourth-order valence-corrected chi connectivity index (χ4v) is 2.62. The van der Waals surface area contributed by atoms with Crippen molar-refractivity contribution in [3.8, 4) is 0 Å². The number of amides is 2. The van der Waals surface area contributed by atoms with Crippen LogP contribution in [0.3, 0.4) is 0 Å². The molecule has 0 aliphatic carbocycles. The van der Waals surface area contributed by atoms with Crippen molar-refractivity contribution in [1.29, 1.82) is 0 Å². The lowest BCUT2D eigenvalue weighted by Gasteiger charge is -2.23. The van der Waals surface area contributed by atoms with E-state index in [1.807, 2.05) is 30.5 Å². The molecule has 8 nitrogen and oxygen atoms in total. The predicted octanol–water partition coefficient (Wildman–Crippen LogP) is 1.29. The number of hydrogen-bond acceptors (Lipinski definition) is 4. The Morgan fingerprint density at radius 2 is 2.04 bits per heavy atom. The van der Waals surface area contributed by atoms with Gasteiger partial charge in [-0.1, -0.05) is 18.2 Å². The summed E-state index contributed by atoms with van der Waals surface area (Å²) < 4.78 is 0. The molecule has 0 aliphatic heterocycles. The molecular weight excluding hydrogens is 332 g/mol. The average Bonchev–Trinajstić information content (AvgIpc) is 3.23. The molecule has 0 saturated heterocycles. The average molecular weight is 354 g/mol. The Balaban J connectivity index is 1.84. The zero-order chi connectivity index (χ0) is 18.7. The van der Waals surface area contributed by atoms with Gasteiger partial charge in [-0.3, -0.25) is 9.59 Å². The molecule has 1 aromatic carbocycles. The third kappa shape index (κ3) is 3.92. The number of aromatic nitrogens is 3. The first-order chi connectivity index (χ1) is 12.3. The summed E-state index contributed by atoms with van der Waals surface area (Å²) in [5, 5.41) is 6.47. The molecule has 2 aromatic heterocycles. The number of aromatic amines is 2. The SMILES string of the molecule is CC(C)(N)C(=O)NC(Cc1c[nH]c2ccccc12)C(=O)Nc1cnc[nH]1. The van der Waals surface area contributed by atoms with Crippen LogP contribution in [-0.2, 0) is 16.0 Å². The first-order valence-corrected chi connectivity index (χ1v) is 8.28. The summed E-state index contributed by atoms with van der Waals surface area (Å²) in [6.45, 7) is 3.19. The molecule has 0 bridgehead atoms. The number of rotatable bonds is 6. The van der Waals surface area contributed by atoms with Crippen molar-refractivity contribution in [2.45, 2.75) is 31.8 Å². The molecule has 1 atom stereocenters. The lowest BCUT2D eigenvalue weighted by molar-refractivity contribution is -0.129. The van der Waals surface area contributed by atoms with Gasteiger partial charge < -0.3 is 26.3 Å². The number of anilines is 1. The highest BCUT2D eigenvalue weighted by atomic mass is 16.2. The fourth-order valence-electron chi connectivity index (χ4n) is 2.62. The van der Waals surface area contributed by atoms with Gasteiger partial charge in [-0.25, -0.2) is 4.98 Å². The maximum Gasteiger partial charge on any atom is 0.248 e. The van der Waals surface area contributed by atoms with Gasteiger partial charge in [-0.15, -0.1) is 0 Å². The topological polar surface area (TPSA) is 129 Å². The van der Waals surface area contributed by atoms with Crippen LogP contribution >= 0.6 is 0 Å². The Labute approximate surface area is 150 Å². The molecule has 26 heavy (non-hydrogen) atoms. The molecule has 0 radical (unpaired) electrons. The molecule has 0 spiro atoms. The molecule has 6 N–H and O–H groups in total. The largest absolute Gasteiger partial charge is 0.361 e. The number of benzene rings is 1. The van der Waals surface area contributed by atoms with Crippen molar-refractivity contribution < 1.29 is 9.59 Å². The molecule has 3 rings (SSSR count). The third-order valence-corrected chi connectivity index (χ3v) is 4.06. The van der Waals surface area contributed by atoms with Crippen LogP contribution in [0.2, 0.25) is 0 Å². The second kappa shape index (κ2) is 7.01. The van der Waals surface area contributed by atoms with E-state index < -0.39 is 17.5 Å². The first kappa shape index (κ1) is 17.7. The Bertz CT molecular complexity index is 907. The molecule has 0 fully saturated rings. The van der Waals surface area contributed by atoms with Gasteiger partial charge in [0.15, 0.2) is 0 Å². The highest BCUT2D eigenvalue weighted by molar-refractivity contribution is 5.98. The zero-order valence-corrected chi connectivity index (χ0v) is 14.7. The van der Waals surface area contributed by atoms with Crippen LogP contribution in [0.15, 0.2) is 43.0 Å². The van der Waals surface area contributed by atoms with Gasteiger partial charge in [0.25, 0.3) is 0 Å². The van der Waals surface area contributed by atoms with Crippen molar-refractivity contribution in [2.75, 3.05) is 5.32 Å². The standard InChI is InChI=1S/C18H22N6O2/c1-18(2,19)17(26)23-14(16(25)24-15-9-20-10-22-15)7-11-8-21-13-6-4-3-5-12(11)13/h3-6,8-10,14,21H,7,19H2,1-2H3,(H,20,22)(H,23,26)(H,24,25). The summed E-state index contributed by atoms with van der Waals surface area (Å²) in [5.74, 6) is -0.292. The number of hydrogen-bond donors (Lipinski definition) is 5. The van der Waals surface area contributed by atoms with E-state index in [4.69, 9.17) is 5.73 Å². The van der Waals surface area contributed by atoms with Gasteiger partial charge in [-0.2, -0.15) is 0 Å². The monoisotopic (exact) mass is 354 g/mol. The number of nitrogens with one attached hydrogen (secondary N) is 4. The van der Waals surface area contributed by atoms with E-state index in [2.05, 4.69) is 25.6 Å². The maximum absolute atomic E-state index is 12.7. The maximum atomic E-state index is 12.7. The van der Waals surface area contributed by atoms with Gasteiger partial charge in [-0.05, 0) is 25.5 Å². The van der Waals surface area contributed by atoms with Crippen LogP contribution in [0.4, 0.5) is 5.82 Å². The second-order valence-corrected chi connectivity index (χ2v) is 6.77. The van der Waals surface area contributed by atoms with Crippen LogP contribution in [-0.4, -0.2) is 38.3 Å². The number of para-hydroxylation sites is 1. The molecule has 8 heteroatoms. The Kier molecular flexibility index (Phi) is 4.77. The molecule has 0 aliphatic rings. The molecule has 136 valence electrons. The summed E-state index contributed by atoms with van der Waals surface area (Å²) in [5.41, 5.74) is 6.67. The number of carbonyl (C=O) groups excluding carboxylic acids is 2. The van der Waals surface area contributed by atoms with Crippen molar-refractivity contribution in [3.05, 3.63) is 48.5 Å². The zero-order valence-electron chi connectivity index (χ0n) is 14.7. The van der Waals surface area contributed by atoms with Crippen molar-refractivity contribution >= 4 is 28.5 Å². The predicted molar refractivity (Wildman–Crippen MR) is 99.4 cm³/mol. The smallest absolute Gasteiger partial charge is 0.248 e. The summed E-state index contributed by atoms with van der Waals surface area (Å²) in [7, 11) is 0. The van der Waals surface area contributed by atoms with Gasteiger partial charge in [0, 0.05) is 23.5 Å². The Morgan fingerprint density at radius 3 is 2.73 bits per heavy atom. The number of imidazole rings is 1. The second-order valence-electron chi connectivity index (χ2n) is 6.77. The minimum atomic E-state index is -1.09. The number of H-pyrrole nitrogens is 2. The molecule has 3 aromatic rings. The van der Waals surface area contributed by atoms with Crippen LogP contribution in [0.25, 0.3) is 10.9 Å². The number of nitrogens with zero attached hydrogens (tertiary/aromatic N) is 1. The molecule has 2 amide bonds. The van der Waals surface area contributed by atoms with Crippen LogP contribution in [0, 0.1) is 0 Å². The van der Waals surface area contributed by atoms with E-state index >= 15 is 0 Å². The van der Waals surface area contributed by atoms with Gasteiger partial charge >= 0.3 is 0 Å². The minimum absolute atomic E-state index is 0.325.